The van der Waals surface area contributed by atoms with Crippen molar-refractivity contribution in [3.63, 3.8) is 0 Å². The Hall–Kier alpha value is -1.06. The second-order valence-corrected chi connectivity index (χ2v) is 3.75. The molecule has 0 aromatic rings. The molecular formula is C8H13NO3. The first-order chi connectivity index (χ1) is 5.46. The van der Waals surface area contributed by atoms with Crippen LogP contribution in [-0.2, 0) is 9.59 Å². The van der Waals surface area contributed by atoms with Gasteiger partial charge in [0.2, 0.25) is 6.41 Å². The summed E-state index contributed by atoms with van der Waals surface area (Å²) in [7, 11) is 0. The molecule has 0 aromatic heterocycles. The van der Waals surface area contributed by atoms with E-state index in [0.717, 1.165) is 12.8 Å². The van der Waals surface area contributed by atoms with Gasteiger partial charge in [0.05, 0.1) is 0 Å². The highest BCUT2D eigenvalue weighted by atomic mass is 16.4. The molecule has 4 nitrogen and oxygen atoms in total. The molecule has 1 unspecified atom stereocenters. The minimum Gasteiger partial charge on any atom is -0.479 e. The van der Waals surface area contributed by atoms with Gasteiger partial charge in [0.25, 0.3) is 0 Å². The van der Waals surface area contributed by atoms with Crippen LogP contribution in [0.5, 0.6) is 0 Å². The van der Waals surface area contributed by atoms with Gasteiger partial charge in [-0.2, -0.15) is 0 Å². The Morgan fingerprint density at radius 1 is 1.67 bits per heavy atom. The molecule has 1 aliphatic carbocycles. The molecule has 1 rings (SSSR count). The van der Waals surface area contributed by atoms with Gasteiger partial charge in [-0.3, -0.25) is 4.79 Å². The summed E-state index contributed by atoms with van der Waals surface area (Å²) in [5, 5.41) is 11.3. The zero-order valence-electron chi connectivity index (χ0n) is 7.26. The third-order valence-electron chi connectivity index (χ3n) is 2.98. The first kappa shape index (κ1) is 9.03. The smallest absolute Gasteiger partial charge is 0.329 e. The highest BCUT2D eigenvalue weighted by Crippen LogP contribution is 2.53. The Kier molecular flexibility index (Phi) is 1.86. The van der Waals surface area contributed by atoms with E-state index in [4.69, 9.17) is 5.11 Å². The molecule has 0 bridgehead atoms. The molecule has 0 heterocycles. The predicted octanol–water partition coefficient (Wildman–Crippen LogP) is 0.376. The molecule has 0 aromatic carbocycles. The Bertz CT molecular complexity index is 222. The van der Waals surface area contributed by atoms with E-state index < -0.39 is 11.5 Å². The molecule has 68 valence electrons. The number of hydrogen-bond acceptors (Lipinski definition) is 2. The monoisotopic (exact) mass is 171 g/mol. The van der Waals surface area contributed by atoms with Gasteiger partial charge in [0.15, 0.2) is 0 Å². The summed E-state index contributed by atoms with van der Waals surface area (Å²) < 4.78 is 0. The van der Waals surface area contributed by atoms with Gasteiger partial charge in [-0.1, -0.05) is 6.92 Å². The first-order valence-electron chi connectivity index (χ1n) is 3.91. The summed E-state index contributed by atoms with van der Waals surface area (Å²) in [5.41, 5.74) is -1.37. The van der Waals surface area contributed by atoms with Crippen molar-refractivity contribution in [1.29, 1.82) is 0 Å². The molecule has 1 aliphatic rings. The van der Waals surface area contributed by atoms with Gasteiger partial charge in [0, 0.05) is 5.41 Å². The normalized spacial score (nSPS) is 23.8. The summed E-state index contributed by atoms with van der Waals surface area (Å²) >= 11 is 0. The van der Waals surface area contributed by atoms with Crippen LogP contribution in [0, 0.1) is 5.41 Å². The van der Waals surface area contributed by atoms with Crippen molar-refractivity contribution in [1.82, 2.24) is 5.32 Å². The standard InChI is InChI=1S/C8H13NO3/c1-7(3-4-7)8(2,6(11)12)9-5-10/h5H,3-4H2,1-2H3,(H,9,10)(H,11,12). The number of carboxylic acids is 1. The third kappa shape index (κ3) is 1.07. The van der Waals surface area contributed by atoms with E-state index in [2.05, 4.69) is 5.32 Å². The highest BCUT2D eigenvalue weighted by Gasteiger charge is 2.57. The van der Waals surface area contributed by atoms with Gasteiger partial charge in [-0.05, 0) is 19.8 Å². The molecule has 1 atom stereocenters. The number of carbonyl (C=O) groups is 2. The summed E-state index contributed by atoms with van der Waals surface area (Å²) in [4.78, 5) is 21.1. The fourth-order valence-corrected chi connectivity index (χ4v) is 1.30. The Morgan fingerprint density at radius 3 is 2.42 bits per heavy atom. The topological polar surface area (TPSA) is 66.4 Å². The lowest BCUT2D eigenvalue weighted by molar-refractivity contribution is -0.148. The highest BCUT2D eigenvalue weighted by molar-refractivity contribution is 5.82. The van der Waals surface area contributed by atoms with E-state index in [0.29, 0.717) is 6.41 Å². The number of aliphatic carboxylic acids is 1. The second-order valence-electron chi connectivity index (χ2n) is 3.75. The Morgan fingerprint density at radius 2 is 2.17 bits per heavy atom. The summed E-state index contributed by atoms with van der Waals surface area (Å²) in [6.07, 6.45) is 2.17. The zero-order valence-corrected chi connectivity index (χ0v) is 7.26. The van der Waals surface area contributed by atoms with Crippen molar-refractivity contribution in [3.8, 4) is 0 Å². The average molecular weight is 171 g/mol. The van der Waals surface area contributed by atoms with Crippen LogP contribution in [0.3, 0.4) is 0 Å². The van der Waals surface area contributed by atoms with Crippen molar-refractivity contribution >= 4 is 12.4 Å². The van der Waals surface area contributed by atoms with E-state index >= 15 is 0 Å². The fraction of sp³-hybridized carbons (Fsp3) is 0.750. The van der Waals surface area contributed by atoms with Crippen LogP contribution in [0.1, 0.15) is 26.7 Å². The van der Waals surface area contributed by atoms with Crippen LogP contribution < -0.4 is 5.32 Å². The molecule has 0 aliphatic heterocycles. The SMILES string of the molecule is CC1(C(C)(NC=O)C(=O)O)CC1. The van der Waals surface area contributed by atoms with E-state index in [1.807, 2.05) is 6.92 Å². The molecule has 0 saturated heterocycles. The maximum atomic E-state index is 10.9. The molecular weight excluding hydrogens is 158 g/mol. The lowest BCUT2D eigenvalue weighted by Crippen LogP contribution is -2.55. The van der Waals surface area contributed by atoms with Crippen molar-refractivity contribution in [2.24, 2.45) is 5.41 Å². The van der Waals surface area contributed by atoms with Crippen LogP contribution in [-0.4, -0.2) is 23.0 Å². The van der Waals surface area contributed by atoms with E-state index in [-0.39, 0.29) is 5.41 Å². The van der Waals surface area contributed by atoms with Crippen molar-refractivity contribution in [2.75, 3.05) is 0 Å². The Balaban J connectivity index is 2.85. The number of hydrogen-bond donors (Lipinski definition) is 2. The number of carboxylic acid groups (broad SMARTS) is 1. The van der Waals surface area contributed by atoms with Gasteiger partial charge in [-0.25, -0.2) is 4.79 Å². The minimum atomic E-state index is -1.10. The zero-order chi connectivity index (χ0) is 9.41. The van der Waals surface area contributed by atoms with Crippen molar-refractivity contribution in [3.05, 3.63) is 0 Å². The number of carbonyl (C=O) groups excluding carboxylic acids is 1. The van der Waals surface area contributed by atoms with Crippen molar-refractivity contribution in [2.45, 2.75) is 32.2 Å². The molecule has 1 fully saturated rings. The van der Waals surface area contributed by atoms with Gasteiger partial charge < -0.3 is 10.4 Å². The van der Waals surface area contributed by atoms with Gasteiger partial charge in [0.1, 0.15) is 5.54 Å². The molecule has 1 amide bonds. The van der Waals surface area contributed by atoms with E-state index in [1.165, 1.54) is 0 Å². The number of amides is 1. The van der Waals surface area contributed by atoms with Crippen LogP contribution in [0.25, 0.3) is 0 Å². The van der Waals surface area contributed by atoms with Crippen LogP contribution in [0.15, 0.2) is 0 Å². The number of rotatable bonds is 4. The van der Waals surface area contributed by atoms with Gasteiger partial charge in [-0.15, -0.1) is 0 Å². The summed E-state index contributed by atoms with van der Waals surface area (Å²) in [5.74, 6) is -0.963. The number of nitrogens with one attached hydrogen (secondary N) is 1. The summed E-state index contributed by atoms with van der Waals surface area (Å²) in [6, 6.07) is 0. The van der Waals surface area contributed by atoms with Gasteiger partial charge >= 0.3 is 5.97 Å². The van der Waals surface area contributed by atoms with Crippen LogP contribution >= 0.6 is 0 Å². The molecule has 0 spiro atoms. The molecule has 0 radical (unpaired) electrons. The van der Waals surface area contributed by atoms with E-state index in [9.17, 15) is 9.59 Å². The van der Waals surface area contributed by atoms with E-state index in [1.54, 1.807) is 6.92 Å². The molecule has 4 heteroatoms. The second kappa shape index (κ2) is 2.47. The fourth-order valence-electron chi connectivity index (χ4n) is 1.30. The molecule has 12 heavy (non-hydrogen) atoms. The minimum absolute atomic E-state index is 0.264. The quantitative estimate of drug-likeness (QED) is 0.601. The Labute approximate surface area is 71.0 Å². The molecule has 2 N–H and O–H groups in total. The first-order valence-corrected chi connectivity index (χ1v) is 3.91. The van der Waals surface area contributed by atoms with Crippen LogP contribution in [0.4, 0.5) is 0 Å². The van der Waals surface area contributed by atoms with Crippen molar-refractivity contribution < 1.29 is 14.7 Å². The lowest BCUT2D eigenvalue weighted by atomic mass is 9.84. The third-order valence-corrected chi connectivity index (χ3v) is 2.98. The average Bonchev–Trinajstić information content (AvgIpc) is 2.69. The summed E-state index contributed by atoms with van der Waals surface area (Å²) in [6.45, 7) is 3.42. The molecule has 1 saturated carbocycles. The predicted molar refractivity (Wildman–Crippen MR) is 42.6 cm³/mol. The maximum absolute atomic E-state index is 10.9. The largest absolute Gasteiger partial charge is 0.479 e. The van der Waals surface area contributed by atoms with Crippen LogP contribution in [0.2, 0.25) is 0 Å². The maximum Gasteiger partial charge on any atom is 0.329 e. The lowest BCUT2D eigenvalue weighted by Gasteiger charge is -2.30.